The van der Waals surface area contributed by atoms with E-state index in [1.54, 1.807) is 17.0 Å². The molecular weight excluding hydrogens is 489 g/mol. The number of benzene rings is 2. The lowest BCUT2D eigenvalue weighted by Crippen LogP contribution is -2.52. The maximum absolute atomic E-state index is 13.0. The summed E-state index contributed by atoms with van der Waals surface area (Å²) in [5, 5.41) is 13.3. The van der Waals surface area contributed by atoms with Crippen molar-refractivity contribution in [1.29, 1.82) is 0 Å². The van der Waals surface area contributed by atoms with Crippen molar-refractivity contribution in [2.24, 2.45) is 0 Å². The quantitative estimate of drug-likeness (QED) is 0.494. The van der Waals surface area contributed by atoms with Crippen LogP contribution in [0.3, 0.4) is 0 Å². The first kappa shape index (κ1) is 25.8. The van der Waals surface area contributed by atoms with E-state index in [4.69, 9.17) is 9.84 Å². The molecule has 0 unspecified atom stereocenters. The number of urea groups is 1. The van der Waals surface area contributed by atoms with Crippen molar-refractivity contribution in [2.45, 2.75) is 50.6 Å². The monoisotopic (exact) mass is 525 g/mol. The highest BCUT2D eigenvalue weighted by molar-refractivity contribution is 7.70. The van der Waals surface area contributed by atoms with Gasteiger partial charge < -0.3 is 19.7 Å². The molecule has 9 heteroatoms. The van der Waals surface area contributed by atoms with Crippen LogP contribution in [0.2, 0.25) is 0 Å². The molecule has 2 saturated heterocycles. The molecule has 3 fully saturated rings. The fraction of sp³-hybridized carbons (Fsp3) is 0.500. The molecule has 0 aromatic heterocycles. The van der Waals surface area contributed by atoms with Crippen LogP contribution >= 0.6 is 7.14 Å². The second-order valence-electron chi connectivity index (χ2n) is 11.0. The van der Waals surface area contributed by atoms with E-state index in [1.807, 2.05) is 26.3 Å². The molecule has 3 aliphatic rings. The molecule has 2 aromatic rings. The van der Waals surface area contributed by atoms with Crippen molar-refractivity contribution >= 4 is 30.1 Å². The van der Waals surface area contributed by atoms with Crippen molar-refractivity contribution in [3.63, 3.8) is 0 Å². The fourth-order valence-corrected chi connectivity index (χ4v) is 6.90. The van der Waals surface area contributed by atoms with Crippen LogP contribution in [-0.4, -0.2) is 67.1 Å². The number of carboxylic acid groups (broad SMARTS) is 1. The van der Waals surface area contributed by atoms with E-state index in [9.17, 15) is 14.2 Å². The molecule has 1 aliphatic carbocycles. The van der Waals surface area contributed by atoms with Gasteiger partial charge in [-0.1, -0.05) is 0 Å². The van der Waals surface area contributed by atoms with Gasteiger partial charge in [-0.05, 0) is 93.8 Å². The van der Waals surface area contributed by atoms with E-state index < -0.39 is 13.1 Å². The van der Waals surface area contributed by atoms with Gasteiger partial charge in [0, 0.05) is 36.2 Å². The number of carbonyl (C=O) groups excluding carboxylic acids is 1. The number of rotatable bonds is 8. The molecule has 2 heterocycles. The molecule has 2 aliphatic heterocycles. The molecule has 2 amide bonds. The Morgan fingerprint density at radius 2 is 1.84 bits per heavy atom. The smallest absolute Gasteiger partial charge is 0.335 e. The zero-order valence-corrected chi connectivity index (χ0v) is 22.7. The van der Waals surface area contributed by atoms with Gasteiger partial charge >= 0.3 is 12.0 Å². The molecule has 0 radical (unpaired) electrons. The number of carboxylic acids is 1. The summed E-state index contributed by atoms with van der Waals surface area (Å²) in [6.45, 7) is 9.24. The lowest BCUT2D eigenvalue weighted by atomic mass is 9.88. The van der Waals surface area contributed by atoms with Crippen LogP contribution in [0.4, 0.5) is 10.5 Å². The summed E-state index contributed by atoms with van der Waals surface area (Å²) in [6, 6.07) is 10.6. The lowest BCUT2D eigenvalue weighted by molar-refractivity contribution is 0.0697. The van der Waals surface area contributed by atoms with Crippen LogP contribution in [0.5, 0.6) is 5.75 Å². The first-order chi connectivity index (χ1) is 17.6. The molecule has 1 spiro atoms. The summed E-state index contributed by atoms with van der Waals surface area (Å²) in [5.41, 5.74) is 3.00. The van der Waals surface area contributed by atoms with Crippen molar-refractivity contribution in [1.82, 2.24) is 10.2 Å². The van der Waals surface area contributed by atoms with E-state index in [0.717, 1.165) is 61.9 Å². The Balaban J connectivity index is 1.28. The Bertz CT molecular complexity index is 1240. The molecule has 0 atom stereocenters. The van der Waals surface area contributed by atoms with Gasteiger partial charge in [-0.2, -0.15) is 0 Å². The summed E-state index contributed by atoms with van der Waals surface area (Å²) in [7, 11) is -2.41. The molecule has 1 saturated carbocycles. The number of hydrogen-bond acceptors (Lipinski definition) is 5. The predicted octanol–water partition coefficient (Wildman–Crippen LogP) is 4.47. The van der Waals surface area contributed by atoms with Crippen molar-refractivity contribution < 1.29 is 24.0 Å². The van der Waals surface area contributed by atoms with Crippen LogP contribution in [0.1, 0.15) is 60.0 Å². The van der Waals surface area contributed by atoms with Crippen LogP contribution in [0.25, 0.3) is 0 Å². The van der Waals surface area contributed by atoms with Gasteiger partial charge in [-0.15, -0.1) is 0 Å². The van der Waals surface area contributed by atoms with E-state index in [-0.39, 0.29) is 17.1 Å². The number of likely N-dealkylation sites (tertiary alicyclic amines) is 1. The van der Waals surface area contributed by atoms with E-state index in [0.29, 0.717) is 24.8 Å². The number of nitrogens with zero attached hydrogens (tertiary/aromatic N) is 2. The second kappa shape index (κ2) is 9.80. The van der Waals surface area contributed by atoms with Gasteiger partial charge in [0.2, 0.25) is 0 Å². The average molecular weight is 526 g/mol. The molecule has 5 rings (SSSR count). The molecule has 2 N–H and O–H groups in total. The minimum atomic E-state index is -2.41. The Hall–Kier alpha value is -2.83. The molecule has 8 nitrogen and oxygen atoms in total. The van der Waals surface area contributed by atoms with E-state index >= 15 is 0 Å². The average Bonchev–Trinajstić information content (AvgIpc) is 3.65. The summed E-state index contributed by atoms with van der Waals surface area (Å²) < 4.78 is 19.1. The Morgan fingerprint density at radius 3 is 2.41 bits per heavy atom. The predicted molar refractivity (Wildman–Crippen MR) is 145 cm³/mol. The third-order valence-corrected chi connectivity index (χ3v) is 9.37. The summed E-state index contributed by atoms with van der Waals surface area (Å²) in [6.07, 6.45) is 3.97. The Kier molecular flexibility index (Phi) is 6.84. The summed E-state index contributed by atoms with van der Waals surface area (Å²) in [5.74, 6) is 0.355. The Morgan fingerprint density at radius 1 is 1.16 bits per heavy atom. The van der Waals surface area contributed by atoms with Gasteiger partial charge in [0.05, 0.1) is 24.3 Å². The van der Waals surface area contributed by atoms with E-state index in [2.05, 4.69) is 16.3 Å². The number of hydrogen-bond donors (Lipinski definition) is 2. The van der Waals surface area contributed by atoms with Gasteiger partial charge in [0.25, 0.3) is 0 Å². The van der Waals surface area contributed by atoms with Gasteiger partial charge in [0.15, 0.2) is 0 Å². The third-order valence-electron chi connectivity index (χ3n) is 7.82. The van der Waals surface area contributed by atoms with Crippen molar-refractivity contribution in [3.8, 4) is 5.75 Å². The van der Waals surface area contributed by atoms with Gasteiger partial charge in [-0.3, -0.25) is 9.80 Å². The first-order valence-electron chi connectivity index (χ1n) is 13.1. The fourth-order valence-electron chi connectivity index (χ4n) is 5.60. The van der Waals surface area contributed by atoms with Crippen molar-refractivity contribution in [3.05, 3.63) is 53.1 Å². The Labute approximate surface area is 218 Å². The molecule has 0 bridgehead atoms. The first-order valence-corrected chi connectivity index (χ1v) is 15.7. The number of nitrogens with one attached hydrogen (secondary N) is 1. The maximum atomic E-state index is 13.0. The molecule has 37 heavy (non-hydrogen) atoms. The minimum absolute atomic E-state index is 0.136. The normalized spacial score (nSPS) is 19.8. The second-order valence-corrected chi connectivity index (χ2v) is 14.2. The van der Waals surface area contributed by atoms with Crippen LogP contribution in [-0.2, 0) is 11.1 Å². The largest absolute Gasteiger partial charge is 0.494 e. The maximum Gasteiger partial charge on any atom is 0.335 e. The lowest BCUT2D eigenvalue weighted by Gasteiger charge is -2.39. The number of ether oxygens (including phenoxy) is 1. The zero-order valence-electron chi connectivity index (χ0n) is 21.8. The molecule has 2 aromatic carbocycles. The highest BCUT2D eigenvalue weighted by Gasteiger charge is 2.45. The van der Waals surface area contributed by atoms with Crippen molar-refractivity contribution in [2.75, 3.05) is 44.5 Å². The summed E-state index contributed by atoms with van der Waals surface area (Å²) >= 11 is 0. The SMILES string of the molecule is CCOc1cc(P(C)(C)=O)c(C2CC2)cc1CN1CCC2(CC1)CN(c1ccc(C(=O)O)cc1)C(=O)N2. The standard InChI is InChI=1S/C28H36N3O5P/c1-4-36-24-16-25(37(2,3)35)23(19-5-6-19)15-21(24)17-30-13-11-28(12-14-30)18-31(27(34)29-28)22-9-7-20(8-10-22)26(32)33/h7-10,15-16,19H,4-6,11-14,17-18H2,1-3H3,(H,29,34)(H,32,33). The minimum Gasteiger partial charge on any atom is -0.494 e. The highest BCUT2D eigenvalue weighted by atomic mass is 31.2. The number of amides is 2. The van der Waals surface area contributed by atoms with Gasteiger partial charge in [-0.25, -0.2) is 9.59 Å². The van der Waals surface area contributed by atoms with Gasteiger partial charge in [0.1, 0.15) is 12.9 Å². The van der Waals surface area contributed by atoms with Crippen LogP contribution < -0.4 is 20.3 Å². The zero-order chi connectivity index (χ0) is 26.4. The number of anilines is 1. The van der Waals surface area contributed by atoms with Crippen LogP contribution in [0, 0.1) is 0 Å². The van der Waals surface area contributed by atoms with Crippen LogP contribution in [0.15, 0.2) is 36.4 Å². The highest BCUT2D eigenvalue weighted by Crippen LogP contribution is 2.47. The summed E-state index contributed by atoms with van der Waals surface area (Å²) in [4.78, 5) is 28.1. The number of piperidine rings is 1. The molecular formula is C28H36N3O5P. The number of carbonyl (C=O) groups is 2. The third kappa shape index (κ3) is 5.41. The van der Waals surface area contributed by atoms with E-state index in [1.165, 1.54) is 17.7 Å². The topological polar surface area (TPSA) is 99.2 Å². The number of aromatic carboxylic acids is 1. The molecule has 198 valence electrons.